The van der Waals surface area contributed by atoms with Crippen molar-refractivity contribution in [3.63, 3.8) is 0 Å². The summed E-state index contributed by atoms with van der Waals surface area (Å²) in [5.74, 6) is 0.564. The molecule has 0 saturated heterocycles. The van der Waals surface area contributed by atoms with Crippen molar-refractivity contribution in [2.24, 2.45) is 0 Å². The van der Waals surface area contributed by atoms with Crippen LogP contribution in [-0.2, 0) is 0 Å². The Bertz CT molecular complexity index is 485. The van der Waals surface area contributed by atoms with Gasteiger partial charge in [-0.05, 0) is 6.26 Å². The summed E-state index contributed by atoms with van der Waals surface area (Å²) in [6.07, 6.45) is 1.98. The van der Waals surface area contributed by atoms with Crippen LogP contribution in [0, 0.1) is 10.1 Å². The van der Waals surface area contributed by atoms with Crippen LogP contribution in [-0.4, -0.2) is 34.5 Å². The molecule has 1 aliphatic heterocycles. The van der Waals surface area contributed by atoms with Crippen LogP contribution in [0.3, 0.4) is 0 Å². The van der Waals surface area contributed by atoms with Gasteiger partial charge >= 0.3 is 0 Å². The van der Waals surface area contributed by atoms with E-state index in [1.54, 1.807) is 17.8 Å². The second-order valence-corrected chi connectivity index (χ2v) is 4.23. The van der Waals surface area contributed by atoms with Crippen molar-refractivity contribution in [2.45, 2.75) is 0 Å². The number of hydrogen-bond acceptors (Lipinski definition) is 4. The van der Waals surface area contributed by atoms with Crippen LogP contribution in [0.25, 0.3) is 0 Å². The smallest absolute Gasteiger partial charge is 0.273 e. The molecule has 0 unspecified atom stereocenters. The normalized spacial score (nSPS) is 14.4. The van der Waals surface area contributed by atoms with Gasteiger partial charge in [0.2, 0.25) is 5.69 Å². The van der Waals surface area contributed by atoms with Gasteiger partial charge in [0.15, 0.2) is 12.4 Å². The second kappa shape index (κ2) is 4.13. The Hall–Kier alpha value is -1.56. The molecule has 2 rings (SSSR count). The van der Waals surface area contributed by atoms with Crippen LogP contribution in [0.2, 0.25) is 0 Å². The number of thioether (sulfide) groups is 1. The first-order valence-corrected chi connectivity index (χ1v) is 5.90. The summed E-state index contributed by atoms with van der Waals surface area (Å²) < 4.78 is 7.48. The molecule has 1 aromatic rings. The van der Waals surface area contributed by atoms with E-state index in [4.69, 9.17) is 4.74 Å². The molecule has 0 bridgehead atoms. The first-order chi connectivity index (χ1) is 7.63. The molecule has 6 heteroatoms. The molecule has 0 spiro atoms. The van der Waals surface area contributed by atoms with E-state index in [2.05, 4.69) is 0 Å². The van der Waals surface area contributed by atoms with Crippen LogP contribution < -0.4 is 4.74 Å². The topological polar surface area (TPSA) is 55.4 Å². The van der Waals surface area contributed by atoms with E-state index in [-0.39, 0.29) is 5.69 Å². The zero-order chi connectivity index (χ0) is 11.7. The molecule has 0 radical (unpaired) electrons. The van der Waals surface area contributed by atoms with E-state index in [1.165, 1.54) is 12.1 Å². The quantitative estimate of drug-likeness (QED) is 0.427. The molecule has 0 aliphatic carbocycles. The fraction of sp³-hybridized carbons (Fsp3) is 0.300. The number of rotatable bonds is 1. The number of fused-ring (bicyclic) bond motifs is 1. The maximum Gasteiger partial charge on any atom is 0.273 e. The first kappa shape index (κ1) is 10.9. The Balaban J connectivity index is 2.50. The van der Waals surface area contributed by atoms with E-state index < -0.39 is 4.92 Å². The second-order valence-electron chi connectivity index (χ2n) is 3.35. The molecule has 0 fully saturated rings. The van der Waals surface area contributed by atoms with Gasteiger partial charge in [0, 0.05) is 12.1 Å². The van der Waals surface area contributed by atoms with Crippen molar-refractivity contribution in [3.8, 4) is 5.75 Å². The van der Waals surface area contributed by atoms with Crippen molar-refractivity contribution in [2.75, 3.05) is 19.9 Å². The van der Waals surface area contributed by atoms with Crippen LogP contribution in [0.4, 0.5) is 11.4 Å². The number of nitrogens with zero attached hydrogens (tertiary/aromatic N) is 2. The lowest BCUT2D eigenvalue weighted by Gasteiger charge is -2.14. The molecule has 16 heavy (non-hydrogen) atoms. The lowest BCUT2D eigenvalue weighted by atomic mass is 10.2. The van der Waals surface area contributed by atoms with Crippen LogP contribution in [0.1, 0.15) is 0 Å². The van der Waals surface area contributed by atoms with Gasteiger partial charge in [0.25, 0.3) is 10.7 Å². The summed E-state index contributed by atoms with van der Waals surface area (Å²) in [7, 11) is 1.93. The van der Waals surface area contributed by atoms with Gasteiger partial charge in [0.05, 0.1) is 11.0 Å². The standard InChI is InChI=1S/C10H11N2O3S/c1-11-8-4-3-7(12(13)14)5-9(8)15-6-10(11)16-2/h3-5H,6H2,1-2H3/q+1. The van der Waals surface area contributed by atoms with Gasteiger partial charge < -0.3 is 4.74 Å². The SMILES string of the molecule is CSC1=[N+](C)c2ccc([N+](=O)[O-])cc2OC1. The number of non-ortho nitro benzene ring substituents is 1. The van der Waals surface area contributed by atoms with Gasteiger partial charge in [-0.15, -0.1) is 0 Å². The average Bonchev–Trinajstić information content (AvgIpc) is 2.29. The molecule has 84 valence electrons. The van der Waals surface area contributed by atoms with Crippen molar-refractivity contribution < 1.29 is 14.2 Å². The van der Waals surface area contributed by atoms with Gasteiger partial charge in [-0.25, -0.2) is 0 Å². The minimum absolute atomic E-state index is 0.0553. The molecule has 1 heterocycles. The zero-order valence-corrected chi connectivity index (χ0v) is 9.78. The Morgan fingerprint density at radius 3 is 2.94 bits per heavy atom. The number of nitro benzene ring substituents is 1. The zero-order valence-electron chi connectivity index (χ0n) is 8.97. The molecule has 0 saturated carbocycles. The maximum atomic E-state index is 10.6. The summed E-state index contributed by atoms with van der Waals surface area (Å²) in [6.45, 7) is 0.464. The number of benzene rings is 1. The lowest BCUT2D eigenvalue weighted by molar-refractivity contribution is -0.408. The fourth-order valence-electron chi connectivity index (χ4n) is 1.58. The van der Waals surface area contributed by atoms with Crippen LogP contribution >= 0.6 is 11.8 Å². The van der Waals surface area contributed by atoms with Crippen molar-refractivity contribution in [1.29, 1.82) is 0 Å². The number of hydrogen-bond donors (Lipinski definition) is 0. The molecular weight excluding hydrogens is 228 g/mol. The fourth-order valence-corrected chi connectivity index (χ4v) is 2.12. The monoisotopic (exact) mass is 239 g/mol. The Kier molecular flexibility index (Phi) is 2.82. The highest BCUT2D eigenvalue weighted by molar-refractivity contribution is 8.13. The van der Waals surface area contributed by atoms with Crippen LogP contribution in [0.15, 0.2) is 18.2 Å². The number of nitro groups is 1. The minimum Gasteiger partial charge on any atom is -0.475 e. The molecule has 0 amide bonds. The highest BCUT2D eigenvalue weighted by Gasteiger charge is 2.26. The van der Waals surface area contributed by atoms with E-state index in [9.17, 15) is 10.1 Å². The van der Waals surface area contributed by atoms with Crippen molar-refractivity contribution in [3.05, 3.63) is 28.3 Å². The van der Waals surface area contributed by atoms with E-state index >= 15 is 0 Å². The maximum absolute atomic E-state index is 10.6. The lowest BCUT2D eigenvalue weighted by Crippen LogP contribution is -2.22. The third-order valence-corrected chi connectivity index (χ3v) is 3.34. The third kappa shape index (κ3) is 1.76. The predicted octanol–water partition coefficient (Wildman–Crippen LogP) is 2.02. The van der Waals surface area contributed by atoms with Gasteiger partial charge in [-0.1, -0.05) is 11.8 Å². The average molecular weight is 239 g/mol. The van der Waals surface area contributed by atoms with Crippen molar-refractivity contribution in [1.82, 2.24) is 0 Å². The highest BCUT2D eigenvalue weighted by atomic mass is 32.2. The van der Waals surface area contributed by atoms with E-state index in [0.29, 0.717) is 12.4 Å². The van der Waals surface area contributed by atoms with Gasteiger partial charge in [-0.2, -0.15) is 4.58 Å². The van der Waals surface area contributed by atoms with Gasteiger partial charge in [0.1, 0.15) is 7.05 Å². The van der Waals surface area contributed by atoms with Crippen molar-refractivity contribution >= 4 is 28.2 Å². The molecule has 1 aromatic carbocycles. The molecule has 1 aliphatic rings. The molecule has 0 aromatic heterocycles. The Morgan fingerprint density at radius 2 is 2.31 bits per heavy atom. The third-order valence-electron chi connectivity index (χ3n) is 2.48. The molecule has 0 N–H and O–H groups in total. The minimum atomic E-state index is -0.419. The Labute approximate surface area is 96.9 Å². The number of ether oxygens (including phenoxy) is 1. The largest absolute Gasteiger partial charge is 0.475 e. The summed E-state index contributed by atoms with van der Waals surface area (Å²) in [5.41, 5.74) is 0.918. The molecule has 5 nitrogen and oxygen atoms in total. The summed E-state index contributed by atoms with van der Waals surface area (Å²) in [6, 6.07) is 4.66. The summed E-state index contributed by atoms with van der Waals surface area (Å²) >= 11 is 1.61. The molecular formula is C10H11N2O3S+. The van der Waals surface area contributed by atoms with E-state index in [1.807, 2.05) is 17.9 Å². The summed E-state index contributed by atoms with van der Waals surface area (Å²) in [4.78, 5) is 10.2. The van der Waals surface area contributed by atoms with Gasteiger partial charge in [-0.3, -0.25) is 10.1 Å². The highest BCUT2D eigenvalue weighted by Crippen LogP contribution is 2.33. The predicted molar refractivity (Wildman–Crippen MR) is 63.0 cm³/mol. The van der Waals surface area contributed by atoms with E-state index in [0.717, 1.165) is 10.7 Å². The summed E-state index contributed by atoms with van der Waals surface area (Å²) in [5, 5.41) is 11.7. The first-order valence-electron chi connectivity index (χ1n) is 4.68. The Morgan fingerprint density at radius 1 is 1.56 bits per heavy atom. The van der Waals surface area contributed by atoms with Crippen LogP contribution in [0.5, 0.6) is 5.75 Å². The molecule has 0 atom stereocenters.